The number of para-hydroxylation sites is 1. The molecular weight excluding hydrogens is 256 g/mol. The van der Waals surface area contributed by atoms with Crippen LogP contribution in [-0.2, 0) is 0 Å². The molecule has 0 aliphatic rings. The zero-order valence-electron chi connectivity index (χ0n) is 11.9. The molecule has 102 valence electrons. The summed E-state index contributed by atoms with van der Waals surface area (Å²) >= 11 is 0. The van der Waals surface area contributed by atoms with Gasteiger partial charge in [0.2, 0.25) is 0 Å². The topological polar surface area (TPSA) is 25.8 Å². The number of rotatable bonds is 0. The van der Waals surface area contributed by atoms with Gasteiger partial charge in [0.15, 0.2) is 0 Å². The lowest BCUT2D eigenvalue weighted by Gasteiger charge is -1.96. The van der Waals surface area contributed by atoms with Crippen molar-refractivity contribution >= 4 is 21.7 Å². The molecule has 0 fully saturated rings. The first-order valence-corrected chi connectivity index (χ1v) is 6.93. The van der Waals surface area contributed by atoms with E-state index in [1.54, 1.807) is 0 Å². The summed E-state index contributed by atoms with van der Waals surface area (Å²) in [6.45, 7) is 2.10. The van der Waals surface area contributed by atoms with E-state index in [0.29, 0.717) is 0 Å². The van der Waals surface area contributed by atoms with E-state index < -0.39 is 0 Å². The van der Waals surface area contributed by atoms with Crippen LogP contribution in [0.5, 0.6) is 0 Å². The highest BCUT2D eigenvalue weighted by Gasteiger charge is 1.90. The Labute approximate surface area is 124 Å². The first-order valence-electron chi connectivity index (χ1n) is 6.93. The molecule has 21 heavy (non-hydrogen) atoms. The van der Waals surface area contributed by atoms with Gasteiger partial charge in [-0.15, -0.1) is 0 Å². The Balaban J connectivity index is 0.000000126. The average molecular weight is 272 g/mol. The molecule has 0 radical (unpaired) electrons. The highest BCUT2D eigenvalue weighted by atomic mass is 14.6. The molecule has 0 spiro atoms. The molecule has 0 unspecified atom stereocenters. The molecule has 2 nitrogen and oxygen atoms in total. The van der Waals surface area contributed by atoms with Crippen molar-refractivity contribution in [1.82, 2.24) is 9.97 Å². The van der Waals surface area contributed by atoms with Crippen LogP contribution in [0.1, 0.15) is 5.56 Å². The fourth-order valence-corrected chi connectivity index (χ4v) is 2.22. The Morgan fingerprint density at radius 2 is 1.57 bits per heavy atom. The minimum atomic E-state index is 1.06. The van der Waals surface area contributed by atoms with E-state index in [9.17, 15) is 0 Å². The predicted octanol–water partition coefficient (Wildman–Crippen LogP) is 4.78. The fraction of sp³-hybridized carbons (Fsp3) is 0.0526. The van der Waals surface area contributed by atoms with Gasteiger partial charge >= 0.3 is 0 Å². The number of pyridine rings is 2. The largest absolute Gasteiger partial charge is 0.264 e. The van der Waals surface area contributed by atoms with Gasteiger partial charge in [-0.3, -0.25) is 9.97 Å². The van der Waals surface area contributed by atoms with Crippen LogP contribution in [0.3, 0.4) is 0 Å². The molecule has 2 aromatic heterocycles. The lowest BCUT2D eigenvalue weighted by Crippen LogP contribution is -1.75. The Morgan fingerprint density at radius 3 is 2.48 bits per heavy atom. The molecule has 0 saturated carbocycles. The standard InChI is InChI=1S/C10H9N.C9H7N/c1-8-2-3-10-7-11-5-4-9(10)6-8;1-2-6-9-8(4-1)5-3-7-10-9/h2-7H,1H3;1-7H. The minimum Gasteiger partial charge on any atom is -0.264 e. The second kappa shape index (κ2) is 6.14. The summed E-state index contributed by atoms with van der Waals surface area (Å²) in [6.07, 6.45) is 5.51. The molecular formula is C19H16N2. The van der Waals surface area contributed by atoms with Crippen LogP contribution in [0.4, 0.5) is 0 Å². The van der Waals surface area contributed by atoms with Crippen molar-refractivity contribution in [1.29, 1.82) is 0 Å². The lowest BCUT2D eigenvalue weighted by atomic mass is 10.1. The Hall–Kier alpha value is -2.74. The summed E-state index contributed by atoms with van der Waals surface area (Å²) in [5.74, 6) is 0. The van der Waals surface area contributed by atoms with Crippen molar-refractivity contribution in [3.8, 4) is 0 Å². The van der Waals surface area contributed by atoms with Crippen LogP contribution in [-0.4, -0.2) is 9.97 Å². The van der Waals surface area contributed by atoms with Crippen molar-refractivity contribution in [2.75, 3.05) is 0 Å². The van der Waals surface area contributed by atoms with Crippen molar-refractivity contribution in [3.63, 3.8) is 0 Å². The van der Waals surface area contributed by atoms with Crippen molar-refractivity contribution in [2.24, 2.45) is 0 Å². The maximum absolute atomic E-state index is 4.18. The van der Waals surface area contributed by atoms with Gasteiger partial charge in [-0.05, 0) is 30.5 Å². The SMILES string of the molecule is Cc1ccc2cnccc2c1.c1ccc2ncccc2c1. The third-order valence-electron chi connectivity index (χ3n) is 3.31. The fourth-order valence-electron chi connectivity index (χ4n) is 2.22. The zero-order valence-corrected chi connectivity index (χ0v) is 11.9. The van der Waals surface area contributed by atoms with E-state index in [1.807, 2.05) is 48.9 Å². The van der Waals surface area contributed by atoms with Crippen LogP contribution in [0.2, 0.25) is 0 Å². The van der Waals surface area contributed by atoms with E-state index >= 15 is 0 Å². The molecule has 0 aliphatic heterocycles. The van der Waals surface area contributed by atoms with Gasteiger partial charge in [0.05, 0.1) is 5.52 Å². The highest BCUT2D eigenvalue weighted by molar-refractivity contribution is 5.81. The quantitative estimate of drug-likeness (QED) is 0.460. The minimum absolute atomic E-state index is 1.06. The van der Waals surface area contributed by atoms with E-state index in [2.05, 4.69) is 47.2 Å². The average Bonchev–Trinajstić information content (AvgIpc) is 2.55. The van der Waals surface area contributed by atoms with E-state index in [0.717, 1.165) is 5.52 Å². The van der Waals surface area contributed by atoms with Crippen LogP contribution in [0.15, 0.2) is 79.3 Å². The van der Waals surface area contributed by atoms with E-state index in [4.69, 9.17) is 0 Å². The van der Waals surface area contributed by atoms with Crippen LogP contribution in [0.25, 0.3) is 21.7 Å². The molecule has 0 amide bonds. The molecule has 0 atom stereocenters. The maximum atomic E-state index is 4.18. The molecule has 4 rings (SSSR count). The van der Waals surface area contributed by atoms with E-state index in [1.165, 1.54) is 21.7 Å². The number of hydrogen-bond acceptors (Lipinski definition) is 2. The molecule has 4 aromatic rings. The van der Waals surface area contributed by atoms with Gasteiger partial charge < -0.3 is 0 Å². The van der Waals surface area contributed by atoms with Gasteiger partial charge in [0, 0.05) is 29.4 Å². The summed E-state index contributed by atoms with van der Waals surface area (Å²) in [7, 11) is 0. The third kappa shape index (κ3) is 3.23. The number of benzene rings is 2. The molecule has 2 heterocycles. The first-order chi connectivity index (χ1) is 10.3. The molecule has 0 aliphatic carbocycles. The monoisotopic (exact) mass is 272 g/mol. The number of hydrogen-bond donors (Lipinski definition) is 0. The number of aryl methyl sites for hydroxylation is 1. The number of fused-ring (bicyclic) bond motifs is 2. The normalized spacial score (nSPS) is 10.1. The van der Waals surface area contributed by atoms with Crippen LogP contribution >= 0.6 is 0 Å². The van der Waals surface area contributed by atoms with Gasteiger partial charge in [-0.25, -0.2) is 0 Å². The summed E-state index contributed by atoms with van der Waals surface area (Å²) < 4.78 is 0. The van der Waals surface area contributed by atoms with Gasteiger partial charge in [-0.1, -0.05) is 48.0 Å². The summed E-state index contributed by atoms with van der Waals surface area (Å²) in [5, 5.41) is 3.67. The van der Waals surface area contributed by atoms with Gasteiger partial charge in [0.1, 0.15) is 0 Å². The molecule has 2 aromatic carbocycles. The van der Waals surface area contributed by atoms with Crippen LogP contribution < -0.4 is 0 Å². The second-order valence-electron chi connectivity index (χ2n) is 4.92. The van der Waals surface area contributed by atoms with E-state index in [-0.39, 0.29) is 0 Å². The summed E-state index contributed by atoms with van der Waals surface area (Å²) in [5.41, 5.74) is 2.36. The Morgan fingerprint density at radius 1 is 0.714 bits per heavy atom. The van der Waals surface area contributed by atoms with Crippen molar-refractivity contribution in [3.05, 3.63) is 84.8 Å². The second-order valence-corrected chi connectivity index (χ2v) is 4.92. The molecule has 0 saturated heterocycles. The maximum Gasteiger partial charge on any atom is 0.0701 e. The molecule has 0 bridgehead atoms. The molecule has 2 heteroatoms. The highest BCUT2D eigenvalue weighted by Crippen LogP contribution is 2.13. The zero-order chi connectivity index (χ0) is 14.5. The Kier molecular flexibility index (Phi) is 3.88. The first kappa shape index (κ1) is 13.3. The van der Waals surface area contributed by atoms with Gasteiger partial charge in [0.25, 0.3) is 0 Å². The number of aromatic nitrogens is 2. The Bertz CT molecular complexity index is 803. The van der Waals surface area contributed by atoms with Crippen molar-refractivity contribution in [2.45, 2.75) is 6.92 Å². The smallest absolute Gasteiger partial charge is 0.0701 e. The van der Waals surface area contributed by atoms with Gasteiger partial charge in [-0.2, -0.15) is 0 Å². The molecule has 0 N–H and O–H groups in total. The van der Waals surface area contributed by atoms with Crippen LogP contribution in [0, 0.1) is 6.92 Å². The summed E-state index contributed by atoms with van der Waals surface area (Å²) in [4.78, 5) is 8.22. The van der Waals surface area contributed by atoms with Crippen molar-refractivity contribution < 1.29 is 0 Å². The third-order valence-corrected chi connectivity index (χ3v) is 3.31. The number of nitrogens with zero attached hydrogens (tertiary/aromatic N) is 2. The lowest BCUT2D eigenvalue weighted by molar-refractivity contribution is 1.36. The predicted molar refractivity (Wildman–Crippen MR) is 88.2 cm³/mol. The summed E-state index contributed by atoms with van der Waals surface area (Å²) in [6, 6.07) is 20.5.